The van der Waals surface area contributed by atoms with Crippen molar-refractivity contribution in [1.82, 2.24) is 15.0 Å². The van der Waals surface area contributed by atoms with Gasteiger partial charge in [-0.15, -0.1) is 0 Å². The van der Waals surface area contributed by atoms with Crippen molar-refractivity contribution in [2.24, 2.45) is 0 Å². The van der Waals surface area contributed by atoms with Crippen LogP contribution in [0.1, 0.15) is 45.4 Å². The number of piperidine rings is 1. The first-order chi connectivity index (χ1) is 9.83. The van der Waals surface area contributed by atoms with Crippen molar-refractivity contribution in [3.05, 3.63) is 0 Å². The Hall–Kier alpha value is -1.04. The molecule has 0 saturated carbocycles. The van der Waals surface area contributed by atoms with Gasteiger partial charge in [0.05, 0.1) is 0 Å². The third-order valence-corrected chi connectivity index (χ3v) is 4.38. The molecule has 0 spiro atoms. The molecular formula is C14H25N5S. The lowest BCUT2D eigenvalue weighted by atomic mass is 10.1. The monoisotopic (exact) mass is 295 g/mol. The van der Waals surface area contributed by atoms with E-state index in [1.807, 2.05) is 7.05 Å². The zero-order valence-electron chi connectivity index (χ0n) is 12.6. The molecule has 1 saturated heterocycles. The first-order valence-electron chi connectivity index (χ1n) is 7.65. The molecule has 1 aromatic heterocycles. The van der Waals surface area contributed by atoms with Crippen LogP contribution in [0.3, 0.4) is 0 Å². The van der Waals surface area contributed by atoms with E-state index in [-0.39, 0.29) is 0 Å². The summed E-state index contributed by atoms with van der Waals surface area (Å²) in [6, 6.07) is 0. The number of anilines is 2. The maximum Gasteiger partial charge on any atom is 0.231 e. The zero-order valence-corrected chi connectivity index (χ0v) is 13.4. The minimum Gasteiger partial charge on any atom is -0.357 e. The van der Waals surface area contributed by atoms with Gasteiger partial charge in [-0.1, -0.05) is 31.5 Å². The van der Waals surface area contributed by atoms with Gasteiger partial charge in [0, 0.05) is 25.9 Å². The molecule has 0 amide bonds. The fourth-order valence-corrected chi connectivity index (χ4v) is 3.10. The van der Waals surface area contributed by atoms with E-state index in [1.165, 1.54) is 38.5 Å². The van der Waals surface area contributed by atoms with Gasteiger partial charge in [-0.2, -0.15) is 15.0 Å². The maximum atomic E-state index is 4.63. The second-order valence-electron chi connectivity index (χ2n) is 5.09. The Morgan fingerprint density at radius 2 is 1.90 bits per heavy atom. The van der Waals surface area contributed by atoms with E-state index in [2.05, 4.69) is 32.1 Å². The number of unbranched alkanes of at least 4 members (excludes halogenated alkanes) is 2. The summed E-state index contributed by atoms with van der Waals surface area (Å²) in [6.45, 7) is 4.35. The Labute approximate surface area is 126 Å². The van der Waals surface area contributed by atoms with Crippen LogP contribution >= 0.6 is 11.8 Å². The van der Waals surface area contributed by atoms with Crippen molar-refractivity contribution >= 4 is 23.7 Å². The molecule has 1 aromatic rings. The lowest BCUT2D eigenvalue weighted by molar-refractivity contribution is 0.565. The highest BCUT2D eigenvalue weighted by molar-refractivity contribution is 7.99. The first-order valence-corrected chi connectivity index (χ1v) is 8.63. The molecule has 0 atom stereocenters. The van der Waals surface area contributed by atoms with Crippen molar-refractivity contribution < 1.29 is 0 Å². The summed E-state index contributed by atoms with van der Waals surface area (Å²) in [5.41, 5.74) is 0. The van der Waals surface area contributed by atoms with Crippen LogP contribution in [0.4, 0.5) is 11.9 Å². The lowest BCUT2D eigenvalue weighted by Gasteiger charge is -2.26. The molecule has 0 radical (unpaired) electrons. The molecule has 5 nitrogen and oxygen atoms in total. The first kappa shape index (κ1) is 15.4. The minimum absolute atomic E-state index is 0.679. The Kier molecular flexibility index (Phi) is 6.36. The number of nitrogens with zero attached hydrogens (tertiary/aromatic N) is 4. The highest BCUT2D eigenvalue weighted by atomic mass is 32.2. The van der Waals surface area contributed by atoms with Gasteiger partial charge in [-0.25, -0.2) is 0 Å². The van der Waals surface area contributed by atoms with E-state index in [9.17, 15) is 0 Å². The molecular weight excluding hydrogens is 270 g/mol. The number of rotatable bonds is 7. The fraction of sp³-hybridized carbons (Fsp3) is 0.786. The third-order valence-electron chi connectivity index (χ3n) is 3.44. The molecule has 1 aliphatic rings. The van der Waals surface area contributed by atoms with Crippen LogP contribution in [-0.4, -0.2) is 40.8 Å². The molecule has 0 bridgehead atoms. The summed E-state index contributed by atoms with van der Waals surface area (Å²) in [4.78, 5) is 15.9. The molecule has 1 fully saturated rings. The van der Waals surface area contributed by atoms with Crippen molar-refractivity contribution in [3.8, 4) is 0 Å². The van der Waals surface area contributed by atoms with Gasteiger partial charge in [0.1, 0.15) is 0 Å². The second-order valence-corrected chi connectivity index (χ2v) is 6.16. The van der Waals surface area contributed by atoms with Crippen LogP contribution in [0.5, 0.6) is 0 Å². The largest absolute Gasteiger partial charge is 0.357 e. The van der Waals surface area contributed by atoms with E-state index in [0.29, 0.717) is 5.95 Å². The van der Waals surface area contributed by atoms with Crippen LogP contribution in [0.15, 0.2) is 5.16 Å². The molecule has 1 N–H and O–H groups in total. The standard InChI is InChI=1S/C14H25N5S/c1-3-4-8-11-20-14-17-12(15-2)16-13(18-14)19-9-6-5-7-10-19/h3-11H2,1-2H3,(H,15,16,17,18). The topological polar surface area (TPSA) is 53.9 Å². The second kappa shape index (κ2) is 8.29. The molecule has 0 aliphatic carbocycles. The van der Waals surface area contributed by atoms with Crippen molar-refractivity contribution in [3.63, 3.8) is 0 Å². The number of hydrogen-bond acceptors (Lipinski definition) is 6. The fourth-order valence-electron chi connectivity index (χ4n) is 2.27. The summed E-state index contributed by atoms with van der Waals surface area (Å²) >= 11 is 1.74. The van der Waals surface area contributed by atoms with Gasteiger partial charge < -0.3 is 10.2 Å². The third kappa shape index (κ3) is 4.51. The maximum absolute atomic E-state index is 4.63. The Bertz CT molecular complexity index is 407. The van der Waals surface area contributed by atoms with E-state index >= 15 is 0 Å². The predicted molar refractivity (Wildman–Crippen MR) is 85.7 cm³/mol. The van der Waals surface area contributed by atoms with E-state index < -0.39 is 0 Å². The van der Waals surface area contributed by atoms with Crippen molar-refractivity contribution in [2.75, 3.05) is 36.1 Å². The lowest BCUT2D eigenvalue weighted by Crippen LogP contribution is -2.31. The molecule has 0 unspecified atom stereocenters. The summed E-state index contributed by atoms with van der Waals surface area (Å²) in [7, 11) is 1.86. The quantitative estimate of drug-likeness (QED) is 0.616. The number of nitrogens with one attached hydrogen (secondary N) is 1. The Morgan fingerprint density at radius 3 is 2.60 bits per heavy atom. The van der Waals surface area contributed by atoms with Gasteiger partial charge in [-0.3, -0.25) is 0 Å². The van der Waals surface area contributed by atoms with Crippen LogP contribution < -0.4 is 10.2 Å². The van der Waals surface area contributed by atoms with Crippen molar-refractivity contribution in [1.29, 1.82) is 0 Å². The van der Waals surface area contributed by atoms with E-state index in [1.54, 1.807) is 11.8 Å². The predicted octanol–water partition coefficient (Wildman–Crippen LogP) is 3.19. The number of hydrogen-bond donors (Lipinski definition) is 1. The number of aromatic nitrogens is 3. The van der Waals surface area contributed by atoms with Gasteiger partial charge >= 0.3 is 0 Å². The summed E-state index contributed by atoms with van der Waals surface area (Å²) in [5.74, 6) is 2.60. The molecule has 2 rings (SSSR count). The van der Waals surface area contributed by atoms with Gasteiger partial charge in [-0.05, 0) is 25.7 Å². The Balaban J connectivity index is 2.03. The van der Waals surface area contributed by atoms with Gasteiger partial charge in [0.15, 0.2) is 5.16 Å². The van der Waals surface area contributed by atoms with Gasteiger partial charge in [0.2, 0.25) is 11.9 Å². The van der Waals surface area contributed by atoms with Crippen LogP contribution in [0, 0.1) is 0 Å². The highest BCUT2D eigenvalue weighted by Gasteiger charge is 2.16. The number of thioether (sulfide) groups is 1. The minimum atomic E-state index is 0.679. The molecule has 2 heterocycles. The highest BCUT2D eigenvalue weighted by Crippen LogP contribution is 2.22. The SMILES string of the molecule is CCCCCSc1nc(NC)nc(N2CCCCC2)n1. The molecule has 0 aromatic carbocycles. The molecule has 112 valence electrons. The zero-order chi connectivity index (χ0) is 14.2. The van der Waals surface area contributed by atoms with Crippen LogP contribution in [0.2, 0.25) is 0 Å². The molecule has 20 heavy (non-hydrogen) atoms. The smallest absolute Gasteiger partial charge is 0.231 e. The summed E-state index contributed by atoms with van der Waals surface area (Å²) in [6.07, 6.45) is 7.54. The van der Waals surface area contributed by atoms with Crippen LogP contribution in [0.25, 0.3) is 0 Å². The average molecular weight is 295 g/mol. The van der Waals surface area contributed by atoms with E-state index in [4.69, 9.17) is 0 Å². The van der Waals surface area contributed by atoms with Crippen molar-refractivity contribution in [2.45, 2.75) is 50.6 Å². The summed E-state index contributed by atoms with van der Waals surface area (Å²) in [5, 5.41) is 3.89. The average Bonchev–Trinajstić information content (AvgIpc) is 2.52. The summed E-state index contributed by atoms with van der Waals surface area (Å²) < 4.78 is 0. The molecule has 6 heteroatoms. The van der Waals surface area contributed by atoms with Crippen LogP contribution in [-0.2, 0) is 0 Å². The molecule has 1 aliphatic heterocycles. The Morgan fingerprint density at radius 1 is 1.10 bits per heavy atom. The van der Waals surface area contributed by atoms with E-state index in [0.717, 1.165) is 29.9 Å². The normalized spacial score (nSPS) is 15.4. The van der Waals surface area contributed by atoms with Gasteiger partial charge in [0.25, 0.3) is 0 Å².